The highest BCUT2D eigenvalue weighted by atomic mass is 16.5. The third-order valence-electron chi connectivity index (χ3n) is 7.13. The number of aldehydes is 1. The molecule has 0 saturated heterocycles. The van der Waals surface area contributed by atoms with E-state index in [1.54, 1.807) is 35.2 Å². The minimum Gasteiger partial charge on any atom is -0.492 e. The van der Waals surface area contributed by atoms with Gasteiger partial charge >= 0.3 is 17.9 Å². The number of imide groups is 1. The molecule has 1 unspecified atom stereocenters. The van der Waals surface area contributed by atoms with Crippen molar-refractivity contribution >= 4 is 36.0 Å². The van der Waals surface area contributed by atoms with Crippen LogP contribution in [-0.2, 0) is 54.9 Å². The summed E-state index contributed by atoms with van der Waals surface area (Å²) in [6.45, 7) is -0.0302. The normalized spacial score (nSPS) is 17.0. The van der Waals surface area contributed by atoms with Gasteiger partial charge < -0.3 is 24.9 Å². The lowest BCUT2D eigenvalue weighted by molar-refractivity contribution is -0.150. The van der Waals surface area contributed by atoms with Gasteiger partial charge in [0, 0.05) is 51.3 Å². The molecule has 4 rings (SSSR count). The summed E-state index contributed by atoms with van der Waals surface area (Å²) >= 11 is 0. The molecular formula is C29H31N5O10. The number of hydrogen-bond acceptors (Lipinski definition) is 11. The first kappa shape index (κ1) is 31.9. The van der Waals surface area contributed by atoms with E-state index in [9.17, 15) is 44.1 Å². The lowest BCUT2D eigenvalue weighted by atomic mass is 10.1. The summed E-state index contributed by atoms with van der Waals surface area (Å²) in [5.74, 6) is -4.46. The van der Waals surface area contributed by atoms with Crippen molar-refractivity contribution < 1.29 is 48.8 Å². The molecule has 232 valence electrons. The summed E-state index contributed by atoms with van der Waals surface area (Å²) in [5, 5.41) is 29.3. The van der Waals surface area contributed by atoms with Gasteiger partial charge in [-0.05, 0) is 30.7 Å². The number of pyridine rings is 2. The number of hydrogen-bond donors (Lipinski definition) is 3. The van der Waals surface area contributed by atoms with E-state index < -0.39 is 48.2 Å². The maximum atomic E-state index is 12.2. The quantitative estimate of drug-likeness (QED) is 0.160. The molecule has 0 radical (unpaired) electrons. The summed E-state index contributed by atoms with van der Waals surface area (Å²) in [4.78, 5) is 84.3. The van der Waals surface area contributed by atoms with E-state index >= 15 is 0 Å². The molecule has 0 aliphatic carbocycles. The first-order valence-electron chi connectivity index (χ1n) is 13.7. The number of aliphatic carboxylic acids is 3. The molecule has 3 N–H and O–H groups in total. The predicted octanol–water partition coefficient (Wildman–Crippen LogP) is 0.458. The number of amides is 2. The number of fused-ring (bicyclic) bond motifs is 4. The van der Waals surface area contributed by atoms with E-state index in [2.05, 4.69) is 9.97 Å². The summed E-state index contributed by atoms with van der Waals surface area (Å²) in [5.41, 5.74) is 1.53. The number of carboxylic acid groups (broad SMARTS) is 3. The second-order valence-electron chi connectivity index (χ2n) is 10.2. The van der Waals surface area contributed by atoms with Gasteiger partial charge in [0.1, 0.15) is 24.1 Å². The molecule has 2 aliphatic rings. The van der Waals surface area contributed by atoms with Crippen LogP contribution in [0.3, 0.4) is 0 Å². The van der Waals surface area contributed by atoms with Gasteiger partial charge in [-0.2, -0.15) is 0 Å². The van der Waals surface area contributed by atoms with Crippen molar-refractivity contribution in [3.63, 3.8) is 0 Å². The molecule has 2 aliphatic heterocycles. The van der Waals surface area contributed by atoms with Gasteiger partial charge in [0.2, 0.25) is 0 Å². The number of carbonyl (C=O) groups is 6. The summed E-state index contributed by atoms with van der Waals surface area (Å²) in [7, 11) is 0. The highest BCUT2D eigenvalue weighted by Crippen LogP contribution is 2.25. The molecule has 15 heteroatoms. The Morgan fingerprint density at radius 3 is 2.00 bits per heavy atom. The van der Waals surface area contributed by atoms with Crippen molar-refractivity contribution in [2.75, 3.05) is 13.2 Å². The van der Waals surface area contributed by atoms with Crippen LogP contribution in [0.1, 0.15) is 42.0 Å². The number of rotatable bonds is 13. The third-order valence-corrected chi connectivity index (χ3v) is 7.13. The first-order valence-corrected chi connectivity index (χ1v) is 13.7. The minimum absolute atomic E-state index is 0.00629. The van der Waals surface area contributed by atoms with E-state index in [1.807, 2.05) is 0 Å². The molecule has 0 saturated carbocycles. The standard InChI is InChI=1S/C29H31N5O10/c35-11-9-22(28(40)41)32-14-18-3-1-4-19(30-18)15-33(23(29(42)43)13-27(38)39)17-21-24(6-5-20(16-32)31-21)44-12-2-10-34-25(36)7-8-26(34)37/h1,3-8,11,22-23H,2,9-10,12-17H2,(H,38,39)(H,40,41)(H,42,43)/t22-,23?/m1/s1. The zero-order valence-corrected chi connectivity index (χ0v) is 23.6. The highest BCUT2D eigenvalue weighted by Gasteiger charge is 2.32. The molecule has 2 atom stereocenters. The van der Waals surface area contributed by atoms with Gasteiger partial charge in [-0.25, -0.2) is 0 Å². The van der Waals surface area contributed by atoms with Gasteiger partial charge in [0.05, 0.1) is 35.8 Å². The van der Waals surface area contributed by atoms with Crippen LogP contribution >= 0.6 is 0 Å². The molecule has 0 fully saturated rings. The Bertz CT molecular complexity index is 1460. The molecule has 0 aromatic carbocycles. The molecular weight excluding hydrogens is 578 g/mol. The first-order chi connectivity index (χ1) is 21.0. The molecule has 15 nitrogen and oxygen atoms in total. The molecule has 2 amide bonds. The number of carboxylic acids is 3. The fourth-order valence-corrected chi connectivity index (χ4v) is 5.03. The number of ether oxygens (including phenoxy) is 1. The van der Waals surface area contributed by atoms with Crippen molar-refractivity contribution in [2.24, 2.45) is 0 Å². The predicted molar refractivity (Wildman–Crippen MR) is 149 cm³/mol. The number of aromatic nitrogens is 2. The van der Waals surface area contributed by atoms with E-state index in [0.29, 0.717) is 23.4 Å². The van der Waals surface area contributed by atoms with Crippen LogP contribution in [0.5, 0.6) is 5.75 Å². The van der Waals surface area contributed by atoms with E-state index in [-0.39, 0.29) is 63.6 Å². The smallest absolute Gasteiger partial charge is 0.321 e. The molecule has 2 aromatic rings. The van der Waals surface area contributed by atoms with Crippen LogP contribution in [0.25, 0.3) is 0 Å². The second kappa shape index (κ2) is 14.4. The van der Waals surface area contributed by atoms with Gasteiger partial charge in [-0.1, -0.05) is 6.07 Å². The Kier molecular flexibility index (Phi) is 10.5. The van der Waals surface area contributed by atoms with Gasteiger partial charge in [0.25, 0.3) is 11.8 Å². The van der Waals surface area contributed by atoms with Gasteiger partial charge in [-0.15, -0.1) is 0 Å². The van der Waals surface area contributed by atoms with Crippen molar-refractivity contribution in [3.05, 3.63) is 65.3 Å². The van der Waals surface area contributed by atoms with Gasteiger partial charge in [-0.3, -0.25) is 48.6 Å². The molecule has 4 heterocycles. The highest BCUT2D eigenvalue weighted by molar-refractivity contribution is 6.12. The zero-order chi connectivity index (χ0) is 31.8. The SMILES string of the molecule is O=CC[C@H](C(=O)O)N1Cc2cccc(n2)CN(C(CC(=O)O)C(=O)O)Cc2nc(ccc2OCCCN2C(=O)C=CC2=O)C1. The average molecular weight is 610 g/mol. The van der Waals surface area contributed by atoms with Crippen molar-refractivity contribution in [1.29, 1.82) is 0 Å². The zero-order valence-electron chi connectivity index (χ0n) is 23.6. The Morgan fingerprint density at radius 2 is 1.43 bits per heavy atom. The van der Waals surface area contributed by atoms with E-state index in [0.717, 1.165) is 4.90 Å². The fraction of sp³-hybridized carbons (Fsp3) is 0.379. The summed E-state index contributed by atoms with van der Waals surface area (Å²) in [6, 6.07) is 5.58. The minimum atomic E-state index is -1.45. The van der Waals surface area contributed by atoms with Crippen LogP contribution in [0.2, 0.25) is 0 Å². The van der Waals surface area contributed by atoms with E-state index in [1.165, 1.54) is 17.1 Å². The largest absolute Gasteiger partial charge is 0.492 e. The third kappa shape index (κ3) is 8.08. The Hall–Kier alpha value is -5.02. The van der Waals surface area contributed by atoms with Crippen LogP contribution in [-0.4, -0.2) is 101 Å². The van der Waals surface area contributed by atoms with Crippen LogP contribution in [0.15, 0.2) is 42.5 Å². The monoisotopic (exact) mass is 609 g/mol. The Morgan fingerprint density at radius 1 is 0.841 bits per heavy atom. The molecule has 44 heavy (non-hydrogen) atoms. The van der Waals surface area contributed by atoms with E-state index in [4.69, 9.17) is 4.74 Å². The average Bonchev–Trinajstić information content (AvgIpc) is 3.28. The Labute approximate surface area is 251 Å². The number of nitrogens with zero attached hydrogens (tertiary/aromatic N) is 5. The molecule has 0 spiro atoms. The lowest BCUT2D eigenvalue weighted by Crippen LogP contribution is -2.43. The lowest BCUT2D eigenvalue weighted by Gasteiger charge is -2.31. The fourth-order valence-electron chi connectivity index (χ4n) is 5.03. The topological polar surface area (TPSA) is 208 Å². The molecule has 2 aromatic heterocycles. The van der Waals surface area contributed by atoms with Crippen LogP contribution in [0.4, 0.5) is 0 Å². The van der Waals surface area contributed by atoms with Crippen molar-refractivity contribution in [1.82, 2.24) is 24.7 Å². The Balaban J connectivity index is 1.69. The van der Waals surface area contributed by atoms with Crippen molar-refractivity contribution in [2.45, 2.75) is 57.5 Å². The maximum absolute atomic E-state index is 12.2. The number of carbonyl (C=O) groups excluding carboxylic acids is 3. The van der Waals surface area contributed by atoms with Crippen LogP contribution < -0.4 is 4.74 Å². The van der Waals surface area contributed by atoms with Gasteiger partial charge in [0.15, 0.2) is 0 Å². The summed E-state index contributed by atoms with van der Waals surface area (Å²) < 4.78 is 5.94. The maximum Gasteiger partial charge on any atom is 0.321 e. The van der Waals surface area contributed by atoms with Crippen LogP contribution in [0, 0.1) is 0 Å². The molecule has 4 bridgehead atoms. The summed E-state index contributed by atoms with van der Waals surface area (Å²) in [6.07, 6.45) is 2.21. The second-order valence-corrected chi connectivity index (χ2v) is 10.2. The van der Waals surface area contributed by atoms with Crippen molar-refractivity contribution in [3.8, 4) is 5.75 Å².